The lowest BCUT2D eigenvalue weighted by Gasteiger charge is -2.20. The van der Waals surface area contributed by atoms with Crippen molar-refractivity contribution >= 4 is 34.0 Å². The second-order valence-electron chi connectivity index (χ2n) is 7.95. The van der Waals surface area contributed by atoms with Crippen molar-refractivity contribution in [1.29, 1.82) is 0 Å². The zero-order chi connectivity index (χ0) is 21.2. The van der Waals surface area contributed by atoms with Gasteiger partial charge in [0.1, 0.15) is 5.75 Å². The van der Waals surface area contributed by atoms with Crippen LogP contribution in [0.2, 0.25) is 5.02 Å². The van der Waals surface area contributed by atoms with Gasteiger partial charge in [0.25, 0.3) is 5.91 Å². The van der Waals surface area contributed by atoms with E-state index in [0.717, 1.165) is 16.1 Å². The molecule has 3 aromatic rings. The number of benzene rings is 2. The molecule has 0 aliphatic heterocycles. The molecule has 152 valence electrons. The molecule has 0 radical (unpaired) electrons. The highest BCUT2D eigenvalue weighted by atomic mass is 35.5. The fraction of sp³-hybridized carbons (Fsp3) is 0.304. The first kappa shape index (κ1) is 21.3. The number of ether oxygens (including phenoxy) is 1. The number of aryl methyl sites for hydroxylation is 1. The molecule has 1 N–H and O–H groups in total. The molecule has 0 aliphatic carbocycles. The first-order valence-electron chi connectivity index (χ1n) is 9.45. The van der Waals surface area contributed by atoms with Crippen molar-refractivity contribution in [3.8, 4) is 17.0 Å². The van der Waals surface area contributed by atoms with E-state index in [-0.39, 0.29) is 11.3 Å². The summed E-state index contributed by atoms with van der Waals surface area (Å²) in [6, 6.07) is 15.4. The first-order valence-corrected chi connectivity index (χ1v) is 10.6. The summed E-state index contributed by atoms with van der Waals surface area (Å²) in [5, 5.41) is 4.09. The molecule has 29 heavy (non-hydrogen) atoms. The van der Waals surface area contributed by atoms with Crippen LogP contribution in [0.15, 0.2) is 48.5 Å². The summed E-state index contributed by atoms with van der Waals surface area (Å²) in [7, 11) is 0. The van der Waals surface area contributed by atoms with Gasteiger partial charge in [-0.15, -0.1) is 11.3 Å². The average Bonchev–Trinajstić information content (AvgIpc) is 3.02. The number of carbonyl (C=O) groups is 1. The fourth-order valence-corrected chi connectivity index (χ4v) is 3.79. The van der Waals surface area contributed by atoms with Crippen LogP contribution in [-0.4, -0.2) is 17.0 Å². The van der Waals surface area contributed by atoms with Crippen molar-refractivity contribution < 1.29 is 9.53 Å². The highest BCUT2D eigenvalue weighted by Gasteiger charge is 2.19. The SMILES string of the molecule is Cc1sc(NC(=O)C(C)Oc2ccc(C(C)(C)C)cc2)nc1-c1ccc(Cl)cc1. The minimum Gasteiger partial charge on any atom is -0.481 e. The van der Waals surface area contributed by atoms with Crippen LogP contribution in [-0.2, 0) is 10.2 Å². The van der Waals surface area contributed by atoms with Gasteiger partial charge in [-0.05, 0) is 49.1 Å². The van der Waals surface area contributed by atoms with Crippen LogP contribution in [0.1, 0.15) is 38.1 Å². The van der Waals surface area contributed by atoms with Crippen LogP contribution >= 0.6 is 22.9 Å². The summed E-state index contributed by atoms with van der Waals surface area (Å²) in [5.74, 6) is 0.430. The standard InChI is InChI=1S/C23H25ClN2O2S/c1-14(28-19-12-8-17(9-13-19)23(3,4)5)21(27)26-22-25-20(15(2)29-22)16-6-10-18(24)11-7-16/h6-14H,1-5H3,(H,25,26,27). The molecule has 0 saturated heterocycles. The molecular weight excluding hydrogens is 404 g/mol. The molecule has 0 aliphatic rings. The molecule has 0 spiro atoms. The number of thiazole rings is 1. The van der Waals surface area contributed by atoms with Crippen molar-refractivity contribution in [3.05, 3.63) is 64.0 Å². The van der Waals surface area contributed by atoms with Crippen LogP contribution in [0.5, 0.6) is 5.75 Å². The lowest BCUT2D eigenvalue weighted by molar-refractivity contribution is -0.122. The summed E-state index contributed by atoms with van der Waals surface area (Å²) in [5.41, 5.74) is 3.10. The highest BCUT2D eigenvalue weighted by Crippen LogP contribution is 2.31. The van der Waals surface area contributed by atoms with Gasteiger partial charge in [-0.25, -0.2) is 4.98 Å². The van der Waals surface area contributed by atoms with Crippen LogP contribution in [0, 0.1) is 6.92 Å². The molecular formula is C23H25ClN2O2S. The van der Waals surface area contributed by atoms with Gasteiger partial charge in [0, 0.05) is 15.5 Å². The molecule has 1 amide bonds. The molecule has 1 heterocycles. The lowest BCUT2D eigenvalue weighted by atomic mass is 9.87. The third-order valence-electron chi connectivity index (χ3n) is 4.55. The van der Waals surface area contributed by atoms with E-state index in [2.05, 4.69) is 31.1 Å². The number of nitrogens with one attached hydrogen (secondary N) is 1. The zero-order valence-electron chi connectivity index (χ0n) is 17.2. The molecule has 3 rings (SSSR count). The highest BCUT2D eigenvalue weighted by molar-refractivity contribution is 7.16. The van der Waals surface area contributed by atoms with Gasteiger partial charge in [0.15, 0.2) is 11.2 Å². The van der Waals surface area contributed by atoms with E-state index < -0.39 is 6.10 Å². The Kier molecular flexibility index (Phi) is 6.30. The third-order valence-corrected chi connectivity index (χ3v) is 5.69. The number of anilines is 1. The van der Waals surface area contributed by atoms with Gasteiger partial charge in [-0.2, -0.15) is 0 Å². The average molecular weight is 429 g/mol. The summed E-state index contributed by atoms with van der Waals surface area (Å²) < 4.78 is 5.80. The Morgan fingerprint density at radius 1 is 1.10 bits per heavy atom. The van der Waals surface area contributed by atoms with Gasteiger partial charge in [0.2, 0.25) is 0 Å². The van der Waals surface area contributed by atoms with E-state index in [1.165, 1.54) is 16.9 Å². The van der Waals surface area contributed by atoms with E-state index >= 15 is 0 Å². The Labute approximate surface area is 180 Å². The zero-order valence-corrected chi connectivity index (χ0v) is 18.8. The van der Waals surface area contributed by atoms with Crippen LogP contribution in [0.4, 0.5) is 5.13 Å². The smallest absolute Gasteiger partial charge is 0.266 e. The van der Waals surface area contributed by atoms with Gasteiger partial charge in [-0.3, -0.25) is 10.1 Å². The molecule has 1 atom stereocenters. The maximum Gasteiger partial charge on any atom is 0.266 e. The number of carbonyl (C=O) groups excluding carboxylic acids is 1. The van der Waals surface area contributed by atoms with Crippen molar-refractivity contribution in [2.75, 3.05) is 5.32 Å². The Balaban J connectivity index is 1.65. The molecule has 0 saturated carbocycles. The van der Waals surface area contributed by atoms with Crippen LogP contribution < -0.4 is 10.1 Å². The monoisotopic (exact) mass is 428 g/mol. The summed E-state index contributed by atoms with van der Waals surface area (Å²) in [6.45, 7) is 10.2. The van der Waals surface area contributed by atoms with Gasteiger partial charge >= 0.3 is 0 Å². The topological polar surface area (TPSA) is 51.2 Å². The van der Waals surface area contributed by atoms with E-state index in [1.807, 2.05) is 55.5 Å². The second kappa shape index (κ2) is 8.56. The first-order chi connectivity index (χ1) is 13.6. The normalized spacial score (nSPS) is 12.5. The number of nitrogens with zero attached hydrogens (tertiary/aromatic N) is 1. The minimum absolute atomic E-state index is 0.0754. The second-order valence-corrected chi connectivity index (χ2v) is 9.59. The molecule has 4 nitrogen and oxygen atoms in total. The Morgan fingerprint density at radius 2 is 1.72 bits per heavy atom. The van der Waals surface area contributed by atoms with E-state index in [4.69, 9.17) is 16.3 Å². The summed E-state index contributed by atoms with van der Waals surface area (Å²) >= 11 is 7.39. The molecule has 0 fully saturated rings. The molecule has 2 aromatic carbocycles. The molecule has 6 heteroatoms. The molecule has 1 aromatic heterocycles. The van der Waals surface area contributed by atoms with Gasteiger partial charge in [-0.1, -0.05) is 56.6 Å². The Morgan fingerprint density at radius 3 is 2.31 bits per heavy atom. The van der Waals surface area contributed by atoms with Gasteiger partial charge < -0.3 is 4.74 Å². The maximum absolute atomic E-state index is 12.6. The largest absolute Gasteiger partial charge is 0.481 e. The number of halogens is 1. The van der Waals surface area contributed by atoms with Crippen molar-refractivity contribution in [3.63, 3.8) is 0 Å². The number of aromatic nitrogens is 1. The van der Waals surface area contributed by atoms with E-state index in [0.29, 0.717) is 15.9 Å². The third kappa shape index (κ3) is 5.37. The van der Waals surface area contributed by atoms with E-state index in [9.17, 15) is 4.79 Å². The van der Waals surface area contributed by atoms with Crippen LogP contribution in [0.3, 0.4) is 0 Å². The van der Waals surface area contributed by atoms with Crippen molar-refractivity contribution in [2.45, 2.75) is 46.1 Å². The van der Waals surface area contributed by atoms with E-state index in [1.54, 1.807) is 6.92 Å². The predicted octanol–water partition coefficient (Wildman–Crippen LogP) is 6.48. The number of amides is 1. The lowest BCUT2D eigenvalue weighted by Crippen LogP contribution is -2.30. The maximum atomic E-state index is 12.6. The quantitative estimate of drug-likeness (QED) is 0.506. The van der Waals surface area contributed by atoms with Crippen LogP contribution in [0.25, 0.3) is 11.3 Å². The summed E-state index contributed by atoms with van der Waals surface area (Å²) in [4.78, 5) is 18.1. The number of rotatable bonds is 5. The van der Waals surface area contributed by atoms with Crippen molar-refractivity contribution in [2.24, 2.45) is 0 Å². The number of hydrogen-bond acceptors (Lipinski definition) is 4. The Bertz CT molecular complexity index is 989. The predicted molar refractivity (Wildman–Crippen MR) is 121 cm³/mol. The van der Waals surface area contributed by atoms with Gasteiger partial charge in [0.05, 0.1) is 5.69 Å². The Hall–Kier alpha value is -2.37. The fourth-order valence-electron chi connectivity index (χ4n) is 2.82. The van der Waals surface area contributed by atoms with Crippen molar-refractivity contribution in [1.82, 2.24) is 4.98 Å². The molecule has 1 unspecified atom stereocenters. The number of hydrogen-bond donors (Lipinski definition) is 1. The minimum atomic E-state index is -0.640. The molecule has 0 bridgehead atoms. The summed E-state index contributed by atoms with van der Waals surface area (Å²) in [6.07, 6.45) is -0.640.